The van der Waals surface area contributed by atoms with Gasteiger partial charge in [0.15, 0.2) is 11.6 Å². The standard InChI is InChI=1S/C22H24ClFN4O5/c1-22(12-29,13-30)11-28-20(31)26-19(25-16-7-8-18(33-2)17(24)9-16)27(21(28)32)10-14-3-5-15(23)6-4-14/h3-9,29-30H,10-13H2,1-2H3,(H,25,26,31). The van der Waals surface area contributed by atoms with Crippen LogP contribution in [0.25, 0.3) is 0 Å². The van der Waals surface area contributed by atoms with Crippen LogP contribution in [0, 0.1) is 11.2 Å². The summed E-state index contributed by atoms with van der Waals surface area (Å²) >= 11 is 5.94. The fraction of sp³-hybridized carbons (Fsp3) is 0.318. The largest absolute Gasteiger partial charge is 0.494 e. The Morgan fingerprint density at radius 1 is 1.12 bits per heavy atom. The van der Waals surface area contributed by atoms with Crippen molar-refractivity contribution >= 4 is 23.2 Å². The molecule has 0 fully saturated rings. The number of nitrogens with zero attached hydrogens (tertiary/aromatic N) is 3. The van der Waals surface area contributed by atoms with Crippen LogP contribution in [0.1, 0.15) is 12.5 Å². The van der Waals surface area contributed by atoms with E-state index in [2.05, 4.69) is 10.3 Å². The van der Waals surface area contributed by atoms with E-state index < -0.39 is 35.8 Å². The minimum atomic E-state index is -1.11. The quantitative estimate of drug-likeness (QED) is 0.430. The van der Waals surface area contributed by atoms with Crippen LogP contribution in [0.15, 0.2) is 52.1 Å². The smallest absolute Gasteiger partial charge is 0.354 e. The number of hydrogen-bond acceptors (Lipinski definition) is 7. The van der Waals surface area contributed by atoms with E-state index in [0.29, 0.717) is 10.6 Å². The second-order valence-corrected chi connectivity index (χ2v) is 8.34. The molecule has 11 heteroatoms. The lowest BCUT2D eigenvalue weighted by atomic mass is 9.93. The van der Waals surface area contributed by atoms with Crippen LogP contribution < -0.4 is 21.4 Å². The van der Waals surface area contributed by atoms with Gasteiger partial charge in [0.05, 0.1) is 26.9 Å². The van der Waals surface area contributed by atoms with Crippen molar-refractivity contribution in [3.63, 3.8) is 0 Å². The number of methoxy groups -OCH3 is 1. The number of halogens is 2. The molecule has 9 nitrogen and oxygen atoms in total. The summed E-state index contributed by atoms with van der Waals surface area (Å²) in [6.07, 6.45) is 0. The predicted molar refractivity (Wildman–Crippen MR) is 122 cm³/mol. The summed E-state index contributed by atoms with van der Waals surface area (Å²) in [5, 5.41) is 22.5. The Kier molecular flexibility index (Phi) is 7.52. The van der Waals surface area contributed by atoms with Gasteiger partial charge in [0.2, 0.25) is 5.95 Å². The highest BCUT2D eigenvalue weighted by atomic mass is 35.5. The number of rotatable bonds is 9. The molecule has 0 amide bonds. The second-order valence-electron chi connectivity index (χ2n) is 7.90. The molecule has 0 radical (unpaired) electrons. The highest BCUT2D eigenvalue weighted by Crippen LogP contribution is 2.23. The van der Waals surface area contributed by atoms with Crippen molar-refractivity contribution in [2.75, 3.05) is 25.6 Å². The van der Waals surface area contributed by atoms with Gasteiger partial charge in [0, 0.05) is 28.7 Å². The zero-order chi connectivity index (χ0) is 24.2. The molecule has 3 rings (SSSR count). The minimum absolute atomic E-state index is 0.0270. The first-order chi connectivity index (χ1) is 15.7. The molecule has 0 atom stereocenters. The van der Waals surface area contributed by atoms with Gasteiger partial charge in [0.1, 0.15) is 0 Å². The number of aliphatic hydroxyl groups excluding tert-OH is 2. The molecule has 0 aliphatic rings. The molecule has 0 bridgehead atoms. The molecule has 176 valence electrons. The Balaban J connectivity index is 2.10. The number of ether oxygens (including phenoxy) is 1. The predicted octanol–water partition coefficient (Wildman–Crippen LogP) is 1.99. The lowest BCUT2D eigenvalue weighted by Gasteiger charge is -2.25. The summed E-state index contributed by atoms with van der Waals surface area (Å²) in [5.74, 6) is -0.700. The van der Waals surface area contributed by atoms with Gasteiger partial charge in [0.25, 0.3) is 0 Å². The van der Waals surface area contributed by atoms with Crippen molar-refractivity contribution in [3.8, 4) is 5.75 Å². The lowest BCUT2D eigenvalue weighted by molar-refractivity contribution is 0.0528. The van der Waals surface area contributed by atoms with Crippen LogP contribution in [-0.4, -0.2) is 44.7 Å². The van der Waals surface area contributed by atoms with E-state index in [1.807, 2.05) is 0 Å². The summed E-state index contributed by atoms with van der Waals surface area (Å²) in [4.78, 5) is 30.0. The second kappa shape index (κ2) is 10.2. The summed E-state index contributed by atoms with van der Waals surface area (Å²) in [7, 11) is 1.34. The zero-order valence-corrected chi connectivity index (χ0v) is 18.8. The van der Waals surface area contributed by atoms with Gasteiger partial charge in [-0.05, 0) is 29.8 Å². The average Bonchev–Trinajstić information content (AvgIpc) is 2.80. The molecule has 0 spiro atoms. The third kappa shape index (κ3) is 5.59. The van der Waals surface area contributed by atoms with Gasteiger partial charge >= 0.3 is 11.4 Å². The Morgan fingerprint density at radius 3 is 2.36 bits per heavy atom. The van der Waals surface area contributed by atoms with Crippen LogP contribution in [0.3, 0.4) is 0 Å². The van der Waals surface area contributed by atoms with Crippen molar-refractivity contribution in [3.05, 3.63) is 79.8 Å². The zero-order valence-electron chi connectivity index (χ0n) is 18.1. The fourth-order valence-corrected chi connectivity index (χ4v) is 3.21. The highest BCUT2D eigenvalue weighted by molar-refractivity contribution is 6.30. The van der Waals surface area contributed by atoms with E-state index in [9.17, 15) is 24.2 Å². The molecule has 0 aliphatic heterocycles. The van der Waals surface area contributed by atoms with Gasteiger partial charge in [-0.2, -0.15) is 4.98 Å². The van der Waals surface area contributed by atoms with Gasteiger partial charge in [-0.25, -0.2) is 18.5 Å². The van der Waals surface area contributed by atoms with Crippen LogP contribution in [0.2, 0.25) is 5.02 Å². The molecule has 3 N–H and O–H groups in total. The molecule has 0 unspecified atom stereocenters. The first-order valence-electron chi connectivity index (χ1n) is 9.98. The third-order valence-corrected chi connectivity index (χ3v) is 5.37. The molecule has 3 aromatic rings. The number of anilines is 2. The summed E-state index contributed by atoms with van der Waals surface area (Å²) in [6.45, 7) is 0.423. The van der Waals surface area contributed by atoms with E-state index in [1.165, 1.54) is 30.7 Å². The van der Waals surface area contributed by atoms with E-state index in [4.69, 9.17) is 16.3 Å². The molecule has 0 saturated heterocycles. The SMILES string of the molecule is COc1ccc(Nc2nc(=O)n(CC(C)(CO)CO)c(=O)n2Cc2ccc(Cl)cc2)cc1F. The molecule has 1 aromatic heterocycles. The molecule has 1 heterocycles. The first kappa shape index (κ1) is 24.4. The highest BCUT2D eigenvalue weighted by Gasteiger charge is 2.26. The normalized spacial score (nSPS) is 11.5. The molecule has 33 heavy (non-hydrogen) atoms. The van der Waals surface area contributed by atoms with Crippen LogP contribution in [0.5, 0.6) is 5.75 Å². The molecular weight excluding hydrogens is 455 g/mol. The summed E-state index contributed by atoms with van der Waals surface area (Å²) in [5.41, 5.74) is -1.76. The Hall–Kier alpha value is -3.21. The maximum atomic E-state index is 14.1. The Bertz CT molecular complexity index is 1240. The molecular formula is C22H24ClFN4O5. The summed E-state index contributed by atoms with van der Waals surface area (Å²) < 4.78 is 21.1. The van der Waals surface area contributed by atoms with E-state index >= 15 is 0 Å². The first-order valence-corrected chi connectivity index (χ1v) is 10.4. The van der Waals surface area contributed by atoms with Crippen LogP contribution >= 0.6 is 11.6 Å². The number of aliphatic hydroxyl groups is 2. The minimum Gasteiger partial charge on any atom is -0.494 e. The average molecular weight is 479 g/mol. The number of benzene rings is 2. The lowest BCUT2D eigenvalue weighted by Crippen LogP contribution is -2.47. The molecule has 2 aromatic carbocycles. The van der Waals surface area contributed by atoms with Gasteiger partial charge in [-0.1, -0.05) is 30.7 Å². The van der Waals surface area contributed by atoms with E-state index in [0.717, 1.165) is 10.6 Å². The number of nitrogens with one attached hydrogen (secondary N) is 1. The van der Waals surface area contributed by atoms with Gasteiger partial charge in [-0.15, -0.1) is 0 Å². The fourth-order valence-electron chi connectivity index (χ4n) is 3.08. The third-order valence-electron chi connectivity index (χ3n) is 5.12. The summed E-state index contributed by atoms with van der Waals surface area (Å²) in [6, 6.07) is 10.8. The van der Waals surface area contributed by atoms with Gasteiger partial charge in [-0.3, -0.25) is 4.57 Å². The van der Waals surface area contributed by atoms with Crippen LogP contribution in [0.4, 0.5) is 16.0 Å². The van der Waals surface area contributed by atoms with Crippen molar-refractivity contribution < 1.29 is 19.3 Å². The van der Waals surface area contributed by atoms with Crippen LogP contribution in [-0.2, 0) is 13.1 Å². The monoisotopic (exact) mass is 478 g/mol. The Morgan fingerprint density at radius 2 is 1.79 bits per heavy atom. The van der Waals surface area contributed by atoms with Crippen molar-refractivity contribution in [1.29, 1.82) is 0 Å². The number of hydrogen-bond donors (Lipinski definition) is 3. The Labute approximate surface area is 193 Å². The number of aromatic nitrogens is 3. The molecule has 0 aliphatic carbocycles. The maximum Gasteiger partial charge on any atom is 0.354 e. The van der Waals surface area contributed by atoms with Crippen molar-refractivity contribution in [2.24, 2.45) is 5.41 Å². The molecule has 0 saturated carbocycles. The topological polar surface area (TPSA) is 119 Å². The van der Waals surface area contributed by atoms with Crippen molar-refractivity contribution in [1.82, 2.24) is 14.1 Å². The van der Waals surface area contributed by atoms with Crippen molar-refractivity contribution in [2.45, 2.75) is 20.0 Å². The van der Waals surface area contributed by atoms with E-state index in [-0.39, 0.29) is 30.5 Å². The maximum absolute atomic E-state index is 14.1. The van der Waals surface area contributed by atoms with E-state index in [1.54, 1.807) is 24.3 Å². The van der Waals surface area contributed by atoms with Gasteiger partial charge < -0.3 is 20.3 Å².